The number of benzene rings is 2. The number of carbonyl (C=O) groups excluding carboxylic acids is 1. The molecule has 1 aliphatic heterocycles. The molecule has 0 atom stereocenters. The number of fused-ring (bicyclic) bond motifs is 1. The van der Waals surface area contributed by atoms with Gasteiger partial charge in [-0.2, -0.15) is 0 Å². The van der Waals surface area contributed by atoms with Gasteiger partial charge >= 0.3 is 0 Å². The third kappa shape index (κ3) is 3.35. The van der Waals surface area contributed by atoms with E-state index in [2.05, 4.69) is 18.2 Å². The molecule has 2 heterocycles. The normalized spacial score (nSPS) is 14.7. The van der Waals surface area contributed by atoms with Crippen molar-refractivity contribution in [1.29, 1.82) is 0 Å². The number of allylic oxidation sites excluding steroid dienone is 1. The number of furan rings is 1. The molecule has 0 bridgehead atoms. The number of ether oxygens (including phenoxy) is 1. The summed E-state index contributed by atoms with van der Waals surface area (Å²) in [6, 6.07) is 14.1. The van der Waals surface area contributed by atoms with Crippen LogP contribution < -0.4 is 4.74 Å². The van der Waals surface area contributed by atoms with Crippen LogP contribution >= 0.6 is 0 Å². The number of methoxy groups -OCH3 is 1. The van der Waals surface area contributed by atoms with Crippen LogP contribution in [0.2, 0.25) is 0 Å². The number of rotatable bonds is 4. The van der Waals surface area contributed by atoms with Gasteiger partial charge in [0.2, 0.25) is 5.91 Å². The number of hydrogen-bond donors (Lipinski definition) is 0. The zero-order valence-electron chi connectivity index (χ0n) is 15.7. The van der Waals surface area contributed by atoms with Crippen LogP contribution in [0, 0.1) is 0 Å². The molecule has 1 amide bonds. The third-order valence-electron chi connectivity index (χ3n) is 5.16. The highest BCUT2D eigenvalue weighted by atomic mass is 16.5. The summed E-state index contributed by atoms with van der Waals surface area (Å²) in [7, 11) is 1.64. The van der Waals surface area contributed by atoms with E-state index in [1.165, 1.54) is 0 Å². The van der Waals surface area contributed by atoms with Crippen molar-refractivity contribution < 1.29 is 13.9 Å². The van der Waals surface area contributed by atoms with Gasteiger partial charge in [0.1, 0.15) is 11.3 Å². The molecule has 0 unspecified atom stereocenters. The highest BCUT2D eigenvalue weighted by molar-refractivity contribution is 6.00. The molecule has 1 saturated heterocycles. The Morgan fingerprint density at radius 1 is 1.15 bits per heavy atom. The third-order valence-corrected chi connectivity index (χ3v) is 5.16. The largest absolute Gasteiger partial charge is 0.496 e. The molecule has 1 aliphatic rings. The first kappa shape index (κ1) is 17.4. The Kier molecular flexibility index (Phi) is 4.71. The minimum Gasteiger partial charge on any atom is -0.496 e. The number of likely N-dealkylation sites (tertiary alicyclic amines) is 1. The second kappa shape index (κ2) is 7.31. The lowest BCUT2D eigenvalue weighted by molar-refractivity contribution is -0.124. The first-order valence-corrected chi connectivity index (χ1v) is 9.29. The smallest absolute Gasteiger partial charge is 0.246 e. The minimum atomic E-state index is 0.0719. The predicted octanol–water partition coefficient (Wildman–Crippen LogP) is 5.13. The maximum absolute atomic E-state index is 12.5. The predicted molar refractivity (Wildman–Crippen MR) is 108 cm³/mol. The van der Waals surface area contributed by atoms with Gasteiger partial charge in [-0.15, -0.1) is 0 Å². The standard InChI is InChI=1S/C23H23NO3/c1-16(12-23(25)24-10-6-7-11-24)18-13-19-20(17-8-4-3-5-9-17)15-27-22(19)14-21(18)26-2/h3-5,8-9,12-15H,6-7,10-11H2,1-2H3/b16-12+. The summed E-state index contributed by atoms with van der Waals surface area (Å²) < 4.78 is 11.3. The van der Waals surface area contributed by atoms with E-state index >= 15 is 0 Å². The highest BCUT2D eigenvalue weighted by Crippen LogP contribution is 2.37. The molecule has 4 rings (SSSR count). The topological polar surface area (TPSA) is 42.7 Å². The zero-order valence-corrected chi connectivity index (χ0v) is 15.7. The molecule has 0 aliphatic carbocycles. The van der Waals surface area contributed by atoms with Crippen molar-refractivity contribution in [3.63, 3.8) is 0 Å². The number of hydrogen-bond acceptors (Lipinski definition) is 3. The van der Waals surface area contributed by atoms with Crippen molar-refractivity contribution in [3.05, 3.63) is 60.4 Å². The maximum Gasteiger partial charge on any atom is 0.246 e. The Hall–Kier alpha value is -3.01. The van der Waals surface area contributed by atoms with Crippen molar-refractivity contribution in [2.75, 3.05) is 20.2 Å². The molecule has 4 nitrogen and oxygen atoms in total. The van der Waals surface area contributed by atoms with Crippen molar-refractivity contribution in [2.24, 2.45) is 0 Å². The maximum atomic E-state index is 12.5. The van der Waals surface area contributed by atoms with Crippen LogP contribution in [0.5, 0.6) is 5.75 Å². The van der Waals surface area contributed by atoms with Crippen molar-refractivity contribution in [2.45, 2.75) is 19.8 Å². The van der Waals surface area contributed by atoms with Gasteiger partial charge in [0, 0.05) is 41.7 Å². The van der Waals surface area contributed by atoms with Crippen LogP contribution in [-0.2, 0) is 4.79 Å². The quantitative estimate of drug-likeness (QED) is 0.605. The van der Waals surface area contributed by atoms with Gasteiger partial charge in [0.15, 0.2) is 0 Å². The van der Waals surface area contributed by atoms with E-state index in [-0.39, 0.29) is 5.91 Å². The van der Waals surface area contributed by atoms with E-state index in [9.17, 15) is 4.79 Å². The fourth-order valence-corrected chi connectivity index (χ4v) is 3.67. The van der Waals surface area contributed by atoms with Crippen molar-refractivity contribution >= 4 is 22.4 Å². The van der Waals surface area contributed by atoms with Crippen LogP contribution in [0.25, 0.3) is 27.7 Å². The Bertz CT molecular complexity index is 995. The molecule has 2 aromatic carbocycles. The number of amides is 1. The monoisotopic (exact) mass is 361 g/mol. The molecule has 1 fully saturated rings. The van der Waals surface area contributed by atoms with Crippen LogP contribution in [-0.4, -0.2) is 31.0 Å². The van der Waals surface area contributed by atoms with Gasteiger partial charge in [-0.1, -0.05) is 30.3 Å². The van der Waals surface area contributed by atoms with Gasteiger partial charge < -0.3 is 14.1 Å². The van der Waals surface area contributed by atoms with Gasteiger partial charge in [-0.05, 0) is 37.0 Å². The minimum absolute atomic E-state index is 0.0719. The molecule has 0 radical (unpaired) electrons. The second-order valence-corrected chi connectivity index (χ2v) is 6.92. The Morgan fingerprint density at radius 2 is 1.89 bits per heavy atom. The Balaban J connectivity index is 1.78. The van der Waals surface area contributed by atoms with Gasteiger partial charge in [-0.3, -0.25) is 4.79 Å². The molecule has 3 aromatic rings. The molecule has 0 N–H and O–H groups in total. The first-order valence-electron chi connectivity index (χ1n) is 9.29. The average Bonchev–Trinajstić information content (AvgIpc) is 3.37. The zero-order chi connectivity index (χ0) is 18.8. The van der Waals surface area contributed by atoms with Crippen LogP contribution in [0.15, 0.2) is 59.2 Å². The molecule has 4 heteroatoms. The van der Waals surface area contributed by atoms with Crippen LogP contribution in [0.4, 0.5) is 0 Å². The Morgan fingerprint density at radius 3 is 2.59 bits per heavy atom. The summed E-state index contributed by atoms with van der Waals surface area (Å²) in [4.78, 5) is 14.4. The van der Waals surface area contributed by atoms with Gasteiger partial charge in [0.05, 0.1) is 13.4 Å². The van der Waals surface area contributed by atoms with E-state index < -0.39 is 0 Å². The molecule has 0 saturated carbocycles. The summed E-state index contributed by atoms with van der Waals surface area (Å²) in [6.07, 6.45) is 5.67. The molecule has 27 heavy (non-hydrogen) atoms. The van der Waals surface area contributed by atoms with E-state index in [0.717, 1.165) is 59.2 Å². The van der Waals surface area contributed by atoms with E-state index in [1.54, 1.807) is 19.4 Å². The lowest BCUT2D eigenvalue weighted by atomic mass is 9.99. The molecular formula is C23H23NO3. The fourth-order valence-electron chi connectivity index (χ4n) is 3.67. The van der Waals surface area contributed by atoms with Crippen molar-refractivity contribution in [1.82, 2.24) is 4.90 Å². The number of carbonyl (C=O) groups is 1. The molecule has 0 spiro atoms. The summed E-state index contributed by atoms with van der Waals surface area (Å²) in [5, 5.41) is 1.01. The summed E-state index contributed by atoms with van der Waals surface area (Å²) in [6.45, 7) is 3.65. The molecular weight excluding hydrogens is 338 g/mol. The van der Waals surface area contributed by atoms with Crippen molar-refractivity contribution in [3.8, 4) is 16.9 Å². The Labute approximate surface area is 159 Å². The van der Waals surface area contributed by atoms with E-state index in [0.29, 0.717) is 5.75 Å². The first-order chi connectivity index (χ1) is 13.2. The highest BCUT2D eigenvalue weighted by Gasteiger charge is 2.18. The van der Waals surface area contributed by atoms with Gasteiger partial charge in [-0.25, -0.2) is 0 Å². The molecule has 1 aromatic heterocycles. The van der Waals surface area contributed by atoms with E-state index in [4.69, 9.17) is 9.15 Å². The SMILES string of the molecule is COc1cc2occ(-c3ccccc3)c2cc1/C(C)=C/C(=O)N1CCCC1. The average molecular weight is 361 g/mol. The fraction of sp³-hybridized carbons (Fsp3) is 0.261. The summed E-state index contributed by atoms with van der Waals surface area (Å²) in [5.74, 6) is 0.780. The second-order valence-electron chi connectivity index (χ2n) is 6.92. The van der Waals surface area contributed by atoms with Gasteiger partial charge in [0.25, 0.3) is 0 Å². The number of nitrogens with zero attached hydrogens (tertiary/aromatic N) is 1. The van der Waals surface area contributed by atoms with Crippen LogP contribution in [0.3, 0.4) is 0 Å². The molecule has 138 valence electrons. The summed E-state index contributed by atoms with van der Waals surface area (Å²) >= 11 is 0. The summed E-state index contributed by atoms with van der Waals surface area (Å²) in [5.41, 5.74) is 4.71. The lowest BCUT2D eigenvalue weighted by Crippen LogP contribution is -2.25. The van der Waals surface area contributed by atoms with Crippen LogP contribution in [0.1, 0.15) is 25.3 Å². The van der Waals surface area contributed by atoms with E-state index in [1.807, 2.05) is 36.1 Å². The lowest BCUT2D eigenvalue weighted by Gasteiger charge is -2.14.